The number of imidazole rings is 1. The topological polar surface area (TPSA) is 50.2 Å². The number of benzene rings is 1. The van der Waals surface area contributed by atoms with Crippen LogP contribution < -0.4 is 5.32 Å². The summed E-state index contributed by atoms with van der Waals surface area (Å²) in [5.74, 6) is -0.121. The molecule has 1 aliphatic rings. The summed E-state index contributed by atoms with van der Waals surface area (Å²) in [5, 5.41) is 3.00. The molecule has 0 aliphatic carbocycles. The SMILES string of the molecule is Cn1cncc1C(=O)Nc1ccccc1CN1CCCC1. The van der Waals surface area contributed by atoms with Gasteiger partial charge in [0.25, 0.3) is 5.91 Å². The third kappa shape index (κ3) is 3.13. The highest BCUT2D eigenvalue weighted by atomic mass is 16.2. The van der Waals surface area contributed by atoms with E-state index in [1.54, 1.807) is 17.1 Å². The van der Waals surface area contributed by atoms with Gasteiger partial charge >= 0.3 is 0 Å². The molecule has 1 N–H and O–H groups in total. The second-order valence-electron chi connectivity index (χ2n) is 5.48. The fourth-order valence-corrected chi connectivity index (χ4v) is 2.72. The van der Waals surface area contributed by atoms with Crippen LogP contribution in [0.2, 0.25) is 0 Å². The van der Waals surface area contributed by atoms with Crippen LogP contribution in [0.25, 0.3) is 0 Å². The van der Waals surface area contributed by atoms with Gasteiger partial charge in [0.1, 0.15) is 5.69 Å². The van der Waals surface area contributed by atoms with Crippen molar-refractivity contribution in [2.75, 3.05) is 18.4 Å². The van der Waals surface area contributed by atoms with Crippen LogP contribution >= 0.6 is 0 Å². The zero-order chi connectivity index (χ0) is 14.7. The Balaban J connectivity index is 1.75. The number of likely N-dealkylation sites (tertiary alicyclic amines) is 1. The van der Waals surface area contributed by atoms with Gasteiger partial charge in [-0.1, -0.05) is 18.2 Å². The molecular formula is C16H20N4O. The van der Waals surface area contributed by atoms with Crippen LogP contribution in [-0.2, 0) is 13.6 Å². The van der Waals surface area contributed by atoms with E-state index in [1.807, 2.05) is 25.2 Å². The molecule has 2 aromatic rings. The lowest BCUT2D eigenvalue weighted by molar-refractivity contribution is 0.101. The fraction of sp³-hybridized carbons (Fsp3) is 0.375. The number of hydrogen-bond acceptors (Lipinski definition) is 3. The van der Waals surface area contributed by atoms with Crippen molar-refractivity contribution in [3.8, 4) is 0 Å². The standard InChI is InChI=1S/C16H20N4O/c1-19-12-17-10-15(19)16(21)18-14-7-3-2-6-13(14)11-20-8-4-5-9-20/h2-3,6-7,10,12H,4-5,8-9,11H2,1H3,(H,18,21). The molecule has 1 aromatic carbocycles. The number of nitrogens with zero attached hydrogens (tertiary/aromatic N) is 3. The Morgan fingerprint density at radius 1 is 1.29 bits per heavy atom. The van der Waals surface area contributed by atoms with Gasteiger partial charge in [-0.05, 0) is 37.6 Å². The van der Waals surface area contributed by atoms with Gasteiger partial charge in [0.15, 0.2) is 0 Å². The van der Waals surface area contributed by atoms with E-state index in [4.69, 9.17) is 0 Å². The molecule has 0 atom stereocenters. The molecule has 2 heterocycles. The van der Waals surface area contributed by atoms with Gasteiger partial charge in [-0.15, -0.1) is 0 Å². The summed E-state index contributed by atoms with van der Waals surface area (Å²) in [5.41, 5.74) is 2.61. The van der Waals surface area contributed by atoms with Gasteiger partial charge in [0, 0.05) is 19.3 Å². The number of nitrogens with one attached hydrogen (secondary N) is 1. The fourth-order valence-electron chi connectivity index (χ4n) is 2.72. The van der Waals surface area contributed by atoms with Crippen LogP contribution in [0.15, 0.2) is 36.8 Å². The second kappa shape index (κ2) is 6.10. The number of para-hydroxylation sites is 1. The predicted octanol–water partition coefficient (Wildman–Crippen LogP) is 2.27. The van der Waals surface area contributed by atoms with E-state index >= 15 is 0 Å². The van der Waals surface area contributed by atoms with E-state index in [2.05, 4.69) is 21.3 Å². The van der Waals surface area contributed by atoms with E-state index in [1.165, 1.54) is 12.8 Å². The van der Waals surface area contributed by atoms with E-state index in [9.17, 15) is 4.79 Å². The Labute approximate surface area is 124 Å². The summed E-state index contributed by atoms with van der Waals surface area (Å²) < 4.78 is 1.72. The minimum Gasteiger partial charge on any atom is -0.330 e. The minimum atomic E-state index is -0.121. The first-order valence-corrected chi connectivity index (χ1v) is 7.32. The van der Waals surface area contributed by atoms with Crippen molar-refractivity contribution in [1.29, 1.82) is 0 Å². The van der Waals surface area contributed by atoms with Crippen molar-refractivity contribution in [1.82, 2.24) is 14.5 Å². The first-order chi connectivity index (χ1) is 10.2. The average molecular weight is 284 g/mol. The summed E-state index contributed by atoms with van der Waals surface area (Å²) in [6.45, 7) is 3.18. The van der Waals surface area contributed by atoms with Crippen molar-refractivity contribution >= 4 is 11.6 Å². The zero-order valence-electron chi connectivity index (χ0n) is 12.2. The van der Waals surface area contributed by atoms with E-state index in [-0.39, 0.29) is 5.91 Å². The largest absolute Gasteiger partial charge is 0.330 e. The summed E-state index contributed by atoms with van der Waals surface area (Å²) >= 11 is 0. The van der Waals surface area contributed by atoms with Crippen LogP contribution in [0.1, 0.15) is 28.9 Å². The molecule has 0 unspecified atom stereocenters. The van der Waals surface area contributed by atoms with E-state index in [0.717, 1.165) is 30.9 Å². The first-order valence-electron chi connectivity index (χ1n) is 7.32. The summed E-state index contributed by atoms with van der Waals surface area (Å²) in [6.07, 6.45) is 5.75. The second-order valence-corrected chi connectivity index (χ2v) is 5.48. The monoisotopic (exact) mass is 284 g/mol. The van der Waals surface area contributed by atoms with Gasteiger partial charge in [0.05, 0.1) is 12.5 Å². The number of amides is 1. The number of aryl methyl sites for hydroxylation is 1. The molecule has 21 heavy (non-hydrogen) atoms. The van der Waals surface area contributed by atoms with Crippen LogP contribution in [0.5, 0.6) is 0 Å². The molecule has 0 bridgehead atoms. The Kier molecular flexibility index (Phi) is 4.01. The molecule has 110 valence electrons. The van der Waals surface area contributed by atoms with Crippen LogP contribution in [0.3, 0.4) is 0 Å². The maximum Gasteiger partial charge on any atom is 0.273 e. The molecule has 1 fully saturated rings. The van der Waals surface area contributed by atoms with Crippen molar-refractivity contribution in [2.24, 2.45) is 7.05 Å². The zero-order valence-corrected chi connectivity index (χ0v) is 12.2. The van der Waals surface area contributed by atoms with E-state index in [0.29, 0.717) is 5.69 Å². The molecule has 0 spiro atoms. The highest BCUT2D eigenvalue weighted by molar-refractivity contribution is 6.03. The Bertz CT molecular complexity index is 629. The lowest BCUT2D eigenvalue weighted by Crippen LogP contribution is -2.21. The van der Waals surface area contributed by atoms with Gasteiger partial charge in [-0.3, -0.25) is 9.69 Å². The molecule has 0 radical (unpaired) electrons. The number of hydrogen-bond donors (Lipinski definition) is 1. The lowest BCUT2D eigenvalue weighted by atomic mass is 10.1. The van der Waals surface area contributed by atoms with Gasteiger partial charge in [-0.25, -0.2) is 4.98 Å². The summed E-state index contributed by atoms with van der Waals surface area (Å²) in [7, 11) is 1.82. The number of carbonyl (C=O) groups is 1. The van der Waals surface area contributed by atoms with Crippen molar-refractivity contribution in [3.05, 3.63) is 48.0 Å². The number of carbonyl (C=O) groups excluding carboxylic acids is 1. The van der Waals surface area contributed by atoms with Crippen molar-refractivity contribution < 1.29 is 4.79 Å². The van der Waals surface area contributed by atoms with Crippen molar-refractivity contribution in [2.45, 2.75) is 19.4 Å². The normalized spacial score (nSPS) is 15.3. The molecule has 5 nitrogen and oxygen atoms in total. The third-order valence-corrected chi connectivity index (χ3v) is 3.91. The maximum absolute atomic E-state index is 12.3. The Morgan fingerprint density at radius 2 is 2.05 bits per heavy atom. The highest BCUT2D eigenvalue weighted by Gasteiger charge is 2.15. The molecule has 0 saturated carbocycles. The molecule has 1 aromatic heterocycles. The molecule has 1 saturated heterocycles. The molecular weight excluding hydrogens is 264 g/mol. The molecule has 3 rings (SSSR count). The first kappa shape index (κ1) is 13.8. The van der Waals surface area contributed by atoms with Gasteiger partial charge in [-0.2, -0.15) is 0 Å². The smallest absolute Gasteiger partial charge is 0.273 e. The number of anilines is 1. The molecule has 5 heteroatoms. The third-order valence-electron chi connectivity index (χ3n) is 3.91. The minimum absolute atomic E-state index is 0.121. The Morgan fingerprint density at radius 3 is 2.76 bits per heavy atom. The molecule has 1 aliphatic heterocycles. The quantitative estimate of drug-likeness (QED) is 0.937. The number of aromatic nitrogens is 2. The summed E-state index contributed by atoms with van der Waals surface area (Å²) in [4.78, 5) is 18.7. The van der Waals surface area contributed by atoms with Gasteiger partial charge in [0.2, 0.25) is 0 Å². The predicted molar refractivity (Wildman–Crippen MR) is 82.1 cm³/mol. The van der Waals surface area contributed by atoms with Gasteiger partial charge < -0.3 is 9.88 Å². The summed E-state index contributed by atoms with van der Waals surface area (Å²) in [6, 6.07) is 8.01. The van der Waals surface area contributed by atoms with Crippen LogP contribution in [0.4, 0.5) is 5.69 Å². The molecule has 1 amide bonds. The Hall–Kier alpha value is -2.14. The average Bonchev–Trinajstić information content (AvgIpc) is 3.12. The highest BCUT2D eigenvalue weighted by Crippen LogP contribution is 2.20. The van der Waals surface area contributed by atoms with Crippen LogP contribution in [0, 0.1) is 0 Å². The lowest BCUT2D eigenvalue weighted by Gasteiger charge is -2.17. The van der Waals surface area contributed by atoms with Crippen molar-refractivity contribution in [3.63, 3.8) is 0 Å². The maximum atomic E-state index is 12.3. The van der Waals surface area contributed by atoms with Crippen LogP contribution in [-0.4, -0.2) is 33.4 Å². The number of rotatable bonds is 4. The van der Waals surface area contributed by atoms with E-state index < -0.39 is 0 Å².